The van der Waals surface area contributed by atoms with Crippen molar-refractivity contribution in [3.8, 4) is 0 Å². The monoisotopic (exact) mass is 477 g/mol. The van der Waals surface area contributed by atoms with Gasteiger partial charge in [0.2, 0.25) is 15.9 Å². The summed E-state index contributed by atoms with van der Waals surface area (Å²) in [5.74, 6) is 0.401. The van der Waals surface area contributed by atoms with Crippen molar-refractivity contribution >= 4 is 44.1 Å². The highest BCUT2D eigenvalue weighted by molar-refractivity contribution is 7.89. The van der Waals surface area contributed by atoms with Crippen LogP contribution in [0.3, 0.4) is 0 Å². The smallest absolute Gasteiger partial charge is 0.323 e. The van der Waals surface area contributed by atoms with E-state index in [9.17, 15) is 18.0 Å². The van der Waals surface area contributed by atoms with Gasteiger partial charge >= 0.3 is 6.03 Å². The lowest BCUT2D eigenvalue weighted by atomic mass is 9.94. The number of hydrogen-bond acceptors (Lipinski definition) is 6. The molecule has 1 aromatic carbocycles. The van der Waals surface area contributed by atoms with E-state index in [0.29, 0.717) is 54.5 Å². The number of nitrogens with zero attached hydrogens (tertiary/aromatic N) is 3. The number of carbonyl (C=O) groups excluding carboxylic acids is 2. The molecule has 4 rings (SSSR count). The summed E-state index contributed by atoms with van der Waals surface area (Å²) in [4.78, 5) is 30.3. The maximum Gasteiger partial charge on any atom is 0.323 e. The number of rotatable bonds is 6. The molecule has 2 unspecified atom stereocenters. The molecule has 2 atom stereocenters. The molecule has 0 spiro atoms. The van der Waals surface area contributed by atoms with Crippen molar-refractivity contribution in [2.75, 3.05) is 36.4 Å². The van der Waals surface area contributed by atoms with Gasteiger partial charge in [-0.2, -0.15) is 4.31 Å². The van der Waals surface area contributed by atoms with E-state index in [0.717, 1.165) is 6.42 Å². The van der Waals surface area contributed by atoms with Crippen LogP contribution >= 0.6 is 11.3 Å². The first kappa shape index (κ1) is 22.7. The Morgan fingerprint density at radius 1 is 1.22 bits per heavy atom. The number of sulfonamides is 1. The van der Waals surface area contributed by atoms with Crippen LogP contribution in [0.15, 0.2) is 34.5 Å². The second kappa shape index (κ2) is 9.16. The van der Waals surface area contributed by atoms with Gasteiger partial charge in [0.05, 0.1) is 17.0 Å². The first-order chi connectivity index (χ1) is 15.2. The second-order valence-electron chi connectivity index (χ2n) is 8.52. The number of urea groups is 1. The molecule has 1 aromatic heterocycles. The van der Waals surface area contributed by atoms with E-state index in [1.807, 2.05) is 0 Å². The average molecular weight is 478 g/mol. The Hall–Kier alpha value is -2.50. The summed E-state index contributed by atoms with van der Waals surface area (Å²) in [6.45, 7) is 6.34. The van der Waals surface area contributed by atoms with Crippen molar-refractivity contribution in [3.63, 3.8) is 0 Å². The van der Waals surface area contributed by atoms with Crippen molar-refractivity contribution < 1.29 is 18.0 Å². The Morgan fingerprint density at radius 2 is 1.91 bits per heavy atom. The van der Waals surface area contributed by atoms with Gasteiger partial charge in [-0.3, -0.25) is 9.69 Å². The van der Waals surface area contributed by atoms with Gasteiger partial charge < -0.3 is 10.6 Å². The zero-order valence-electron chi connectivity index (χ0n) is 18.1. The van der Waals surface area contributed by atoms with Crippen LogP contribution in [0.2, 0.25) is 0 Å². The molecular formula is C21H27N5O4S2. The lowest BCUT2D eigenvalue weighted by Crippen LogP contribution is -2.42. The van der Waals surface area contributed by atoms with Crippen LogP contribution < -0.4 is 15.5 Å². The summed E-state index contributed by atoms with van der Waals surface area (Å²) in [7, 11) is -3.56. The van der Waals surface area contributed by atoms with Gasteiger partial charge in [-0.25, -0.2) is 18.2 Å². The Morgan fingerprint density at radius 3 is 2.53 bits per heavy atom. The summed E-state index contributed by atoms with van der Waals surface area (Å²) in [5.41, 5.74) is 1.10. The largest absolute Gasteiger partial charge is 0.336 e. The molecule has 3 heterocycles. The maximum absolute atomic E-state index is 13.0. The number of aromatic nitrogens is 1. The van der Waals surface area contributed by atoms with Crippen LogP contribution in [0.1, 0.15) is 26.0 Å². The number of hydrogen-bond donors (Lipinski definition) is 2. The number of benzene rings is 1. The minimum Gasteiger partial charge on any atom is -0.336 e. The van der Waals surface area contributed by atoms with E-state index in [1.165, 1.54) is 23.5 Å². The lowest BCUT2D eigenvalue weighted by molar-refractivity contribution is -0.115. The summed E-state index contributed by atoms with van der Waals surface area (Å²) < 4.78 is 27.5. The molecule has 2 saturated heterocycles. The Kier molecular flexibility index (Phi) is 6.50. The van der Waals surface area contributed by atoms with Crippen molar-refractivity contribution in [2.24, 2.45) is 11.8 Å². The van der Waals surface area contributed by atoms with Crippen molar-refractivity contribution in [1.29, 1.82) is 0 Å². The third-order valence-electron chi connectivity index (χ3n) is 5.58. The molecule has 11 heteroatoms. The van der Waals surface area contributed by atoms with Gasteiger partial charge in [0.25, 0.3) is 0 Å². The van der Waals surface area contributed by atoms with Crippen molar-refractivity contribution in [1.82, 2.24) is 14.6 Å². The van der Waals surface area contributed by atoms with E-state index >= 15 is 0 Å². The van der Waals surface area contributed by atoms with Crippen molar-refractivity contribution in [3.05, 3.63) is 35.3 Å². The van der Waals surface area contributed by atoms with E-state index < -0.39 is 10.0 Å². The molecule has 2 aromatic rings. The maximum atomic E-state index is 13.0. The van der Waals surface area contributed by atoms with Crippen LogP contribution in [0.25, 0.3) is 0 Å². The van der Waals surface area contributed by atoms with E-state index in [1.54, 1.807) is 26.7 Å². The van der Waals surface area contributed by atoms with Gasteiger partial charge in [0.15, 0.2) is 5.13 Å². The highest BCUT2D eigenvalue weighted by atomic mass is 32.2. The minimum absolute atomic E-state index is 0.0650. The number of anilines is 2. The summed E-state index contributed by atoms with van der Waals surface area (Å²) >= 11 is 1.32. The van der Waals surface area contributed by atoms with Crippen LogP contribution in [-0.4, -0.2) is 55.8 Å². The van der Waals surface area contributed by atoms with E-state index in [2.05, 4.69) is 29.5 Å². The lowest BCUT2D eigenvalue weighted by Gasteiger charge is -2.34. The standard InChI is InChI=1S/C21H27N5O4S2/c1-14-9-15(2)12-25(11-14)32(29,30)18-5-3-16(4-6-18)23-19(27)10-17-13-31-21(24-17)26-8-7-22-20(26)28/h3-6,13-15H,7-12H2,1-2H3,(H,22,28)(H,23,27). The predicted octanol–water partition coefficient (Wildman–Crippen LogP) is 2.52. The molecule has 2 N–H and O–H groups in total. The Bertz CT molecular complexity index is 1090. The number of piperidine rings is 1. The molecule has 2 fully saturated rings. The van der Waals surface area contributed by atoms with Gasteiger partial charge in [0.1, 0.15) is 0 Å². The zero-order valence-corrected chi connectivity index (χ0v) is 19.7. The summed E-state index contributed by atoms with van der Waals surface area (Å²) in [6, 6.07) is 6.08. The molecule has 0 bridgehead atoms. The SMILES string of the molecule is CC1CC(C)CN(S(=O)(=O)c2ccc(NC(=O)Cc3csc(N4CCNC4=O)n3)cc2)C1. The molecule has 172 valence electrons. The van der Waals surface area contributed by atoms with Crippen molar-refractivity contribution in [2.45, 2.75) is 31.6 Å². The highest BCUT2D eigenvalue weighted by Gasteiger charge is 2.31. The van der Waals surface area contributed by atoms with Crippen LogP contribution in [-0.2, 0) is 21.2 Å². The topological polar surface area (TPSA) is 112 Å². The normalized spacial score (nSPS) is 22.1. The molecule has 32 heavy (non-hydrogen) atoms. The fourth-order valence-electron chi connectivity index (χ4n) is 4.19. The molecular weight excluding hydrogens is 450 g/mol. The predicted molar refractivity (Wildman–Crippen MR) is 123 cm³/mol. The first-order valence-electron chi connectivity index (χ1n) is 10.6. The average Bonchev–Trinajstić information content (AvgIpc) is 3.36. The van der Waals surface area contributed by atoms with E-state index in [-0.39, 0.29) is 23.3 Å². The second-order valence-corrected chi connectivity index (χ2v) is 11.3. The molecule has 2 aliphatic rings. The highest BCUT2D eigenvalue weighted by Crippen LogP contribution is 2.27. The molecule has 3 amide bonds. The van der Waals surface area contributed by atoms with Gasteiger partial charge in [-0.05, 0) is 42.5 Å². The third-order valence-corrected chi connectivity index (χ3v) is 8.34. The number of amides is 3. The molecule has 2 aliphatic heterocycles. The Balaban J connectivity index is 1.37. The minimum atomic E-state index is -3.56. The first-order valence-corrected chi connectivity index (χ1v) is 12.9. The summed E-state index contributed by atoms with van der Waals surface area (Å²) in [5, 5.41) is 7.82. The van der Waals surface area contributed by atoms with Crippen LogP contribution in [0.4, 0.5) is 15.6 Å². The molecule has 0 saturated carbocycles. The fraction of sp³-hybridized carbons (Fsp3) is 0.476. The Labute approximate surface area is 191 Å². The molecule has 0 aliphatic carbocycles. The van der Waals surface area contributed by atoms with Crippen LogP contribution in [0, 0.1) is 11.8 Å². The third kappa shape index (κ3) is 4.94. The molecule has 9 nitrogen and oxygen atoms in total. The number of nitrogens with one attached hydrogen (secondary N) is 2. The van der Waals surface area contributed by atoms with Gasteiger partial charge in [-0.15, -0.1) is 11.3 Å². The van der Waals surface area contributed by atoms with Crippen LogP contribution in [0.5, 0.6) is 0 Å². The molecule has 0 radical (unpaired) electrons. The summed E-state index contributed by atoms with van der Waals surface area (Å²) in [6.07, 6.45) is 1.10. The zero-order chi connectivity index (χ0) is 22.9. The number of thiazole rings is 1. The van der Waals surface area contributed by atoms with Gasteiger partial charge in [-0.1, -0.05) is 13.8 Å². The fourth-order valence-corrected chi connectivity index (χ4v) is 6.72. The van der Waals surface area contributed by atoms with E-state index in [4.69, 9.17) is 0 Å². The van der Waals surface area contributed by atoms with Gasteiger partial charge in [0, 0.05) is 37.2 Å². The number of carbonyl (C=O) groups is 2. The quantitative estimate of drug-likeness (QED) is 0.664.